The molecule has 2 rings (SSSR count). The van der Waals surface area contributed by atoms with Crippen LogP contribution in [0.1, 0.15) is 5.56 Å². The summed E-state index contributed by atoms with van der Waals surface area (Å²) in [6, 6.07) is 7.05. The van der Waals surface area contributed by atoms with Crippen LogP contribution >= 0.6 is 11.6 Å². The predicted molar refractivity (Wildman–Crippen MR) is 91.9 cm³/mol. The molecule has 0 saturated carbocycles. The summed E-state index contributed by atoms with van der Waals surface area (Å²) in [6.07, 6.45) is -4.14. The van der Waals surface area contributed by atoms with Gasteiger partial charge in [-0.15, -0.1) is 0 Å². The zero-order valence-electron chi connectivity index (χ0n) is 14.4. The van der Waals surface area contributed by atoms with Crippen molar-refractivity contribution in [3.05, 3.63) is 34.9 Å². The van der Waals surface area contributed by atoms with Crippen LogP contribution in [0.25, 0.3) is 0 Å². The molecule has 0 spiro atoms. The van der Waals surface area contributed by atoms with Crippen LogP contribution in [0.4, 0.5) is 13.2 Å². The Morgan fingerprint density at radius 1 is 1.12 bits per heavy atom. The Morgan fingerprint density at radius 3 is 2.23 bits per heavy atom. The van der Waals surface area contributed by atoms with Crippen molar-refractivity contribution in [3.63, 3.8) is 0 Å². The van der Waals surface area contributed by atoms with Gasteiger partial charge in [-0.25, -0.2) is 0 Å². The molecule has 1 saturated heterocycles. The molecule has 1 fully saturated rings. The maximum absolute atomic E-state index is 12.3. The van der Waals surface area contributed by atoms with Gasteiger partial charge in [0.2, 0.25) is 11.8 Å². The fourth-order valence-corrected chi connectivity index (χ4v) is 2.84. The van der Waals surface area contributed by atoms with Gasteiger partial charge in [0.1, 0.15) is 6.54 Å². The number of likely N-dealkylation sites (N-methyl/N-ethyl adjacent to an activating group) is 1. The van der Waals surface area contributed by atoms with Gasteiger partial charge < -0.3 is 9.80 Å². The van der Waals surface area contributed by atoms with E-state index in [1.54, 1.807) is 34.1 Å². The summed E-state index contributed by atoms with van der Waals surface area (Å²) < 4.78 is 37.0. The van der Waals surface area contributed by atoms with E-state index in [-0.39, 0.29) is 18.9 Å². The maximum atomic E-state index is 12.3. The largest absolute Gasteiger partial charge is 0.406 e. The standard InChI is InChI=1S/C17H21ClF3N3O2/c1-22(12-17(19,20)21)16(26)11-23-6-8-24(9-7-23)15(25)10-13-2-4-14(18)5-3-13/h2-5H,6-12H2,1H3. The molecule has 5 nitrogen and oxygen atoms in total. The van der Waals surface area contributed by atoms with Gasteiger partial charge in [-0.2, -0.15) is 13.2 Å². The lowest BCUT2D eigenvalue weighted by atomic mass is 10.1. The second-order valence-electron chi connectivity index (χ2n) is 6.33. The number of carbonyl (C=O) groups is 2. The molecule has 0 atom stereocenters. The molecule has 2 amide bonds. The minimum absolute atomic E-state index is 0.0208. The SMILES string of the molecule is CN(CC(F)(F)F)C(=O)CN1CCN(C(=O)Cc2ccc(Cl)cc2)CC1. The van der Waals surface area contributed by atoms with Crippen LogP contribution in [0.5, 0.6) is 0 Å². The molecule has 1 aliphatic heterocycles. The molecule has 26 heavy (non-hydrogen) atoms. The van der Waals surface area contributed by atoms with Crippen molar-refractivity contribution in [2.45, 2.75) is 12.6 Å². The van der Waals surface area contributed by atoms with Crippen molar-refractivity contribution in [1.82, 2.24) is 14.7 Å². The zero-order valence-corrected chi connectivity index (χ0v) is 15.2. The van der Waals surface area contributed by atoms with Crippen LogP contribution in [0, 0.1) is 0 Å². The van der Waals surface area contributed by atoms with Crippen LogP contribution in [0.3, 0.4) is 0 Å². The number of hydrogen-bond donors (Lipinski definition) is 0. The Kier molecular flexibility index (Phi) is 6.88. The van der Waals surface area contributed by atoms with Crippen LogP contribution in [-0.2, 0) is 16.0 Å². The number of hydrogen-bond acceptors (Lipinski definition) is 3. The van der Waals surface area contributed by atoms with Gasteiger partial charge in [0.15, 0.2) is 0 Å². The lowest BCUT2D eigenvalue weighted by Gasteiger charge is -2.35. The third kappa shape index (κ3) is 6.49. The number of amides is 2. The van der Waals surface area contributed by atoms with Crippen LogP contribution in [0.15, 0.2) is 24.3 Å². The molecule has 1 heterocycles. The average molecular weight is 392 g/mol. The van der Waals surface area contributed by atoms with Gasteiger partial charge in [0.25, 0.3) is 0 Å². The quantitative estimate of drug-likeness (QED) is 0.771. The third-order valence-corrected chi connectivity index (χ3v) is 4.45. The van der Waals surface area contributed by atoms with E-state index in [2.05, 4.69) is 0 Å². The van der Waals surface area contributed by atoms with E-state index in [0.717, 1.165) is 12.6 Å². The maximum Gasteiger partial charge on any atom is 0.406 e. The molecule has 0 unspecified atom stereocenters. The van der Waals surface area contributed by atoms with E-state index in [1.807, 2.05) is 0 Å². The van der Waals surface area contributed by atoms with Gasteiger partial charge in [-0.05, 0) is 17.7 Å². The molecule has 1 aromatic carbocycles. The van der Waals surface area contributed by atoms with E-state index >= 15 is 0 Å². The first kappa shape index (κ1) is 20.5. The third-order valence-electron chi connectivity index (χ3n) is 4.19. The smallest absolute Gasteiger partial charge is 0.340 e. The second-order valence-corrected chi connectivity index (χ2v) is 6.76. The van der Waals surface area contributed by atoms with Crippen LogP contribution < -0.4 is 0 Å². The first-order valence-electron chi connectivity index (χ1n) is 8.19. The van der Waals surface area contributed by atoms with Gasteiger partial charge >= 0.3 is 6.18 Å². The molecule has 9 heteroatoms. The van der Waals surface area contributed by atoms with E-state index in [1.165, 1.54) is 0 Å². The highest BCUT2D eigenvalue weighted by atomic mass is 35.5. The Hall–Kier alpha value is -1.80. The summed E-state index contributed by atoms with van der Waals surface area (Å²) >= 11 is 5.82. The Labute approximate surface area is 155 Å². The number of benzene rings is 1. The number of piperazine rings is 1. The Balaban J connectivity index is 1.76. The average Bonchev–Trinajstić information content (AvgIpc) is 2.56. The van der Waals surface area contributed by atoms with Crippen LogP contribution in [0.2, 0.25) is 5.02 Å². The molecule has 0 bridgehead atoms. The van der Waals surface area contributed by atoms with Crippen molar-refractivity contribution in [1.29, 1.82) is 0 Å². The minimum atomic E-state index is -4.41. The zero-order chi connectivity index (χ0) is 19.3. The topological polar surface area (TPSA) is 43.9 Å². The lowest BCUT2D eigenvalue weighted by molar-refractivity contribution is -0.159. The summed E-state index contributed by atoms with van der Waals surface area (Å²) in [7, 11) is 1.14. The molecule has 144 valence electrons. The fraction of sp³-hybridized carbons (Fsp3) is 0.529. The van der Waals surface area contributed by atoms with E-state index < -0.39 is 18.6 Å². The summed E-state index contributed by atoms with van der Waals surface area (Å²) in [5.41, 5.74) is 0.866. The molecule has 0 radical (unpaired) electrons. The van der Waals surface area contributed by atoms with Crippen molar-refractivity contribution < 1.29 is 22.8 Å². The van der Waals surface area contributed by atoms with Crippen molar-refractivity contribution in [2.75, 3.05) is 46.3 Å². The molecular weight excluding hydrogens is 371 g/mol. The Morgan fingerprint density at radius 2 is 1.69 bits per heavy atom. The van der Waals surface area contributed by atoms with Crippen molar-refractivity contribution in [2.24, 2.45) is 0 Å². The highest BCUT2D eigenvalue weighted by molar-refractivity contribution is 6.30. The molecule has 1 aromatic rings. The van der Waals surface area contributed by atoms with Gasteiger partial charge in [-0.3, -0.25) is 14.5 Å². The molecule has 0 aromatic heterocycles. The predicted octanol–water partition coefficient (Wildman–Crippen LogP) is 2.05. The number of alkyl halides is 3. The molecule has 1 aliphatic rings. The molecule has 0 aliphatic carbocycles. The van der Waals surface area contributed by atoms with Crippen molar-refractivity contribution >= 4 is 23.4 Å². The van der Waals surface area contributed by atoms with E-state index in [9.17, 15) is 22.8 Å². The highest BCUT2D eigenvalue weighted by Crippen LogP contribution is 2.16. The first-order valence-corrected chi connectivity index (χ1v) is 8.57. The molecule has 0 N–H and O–H groups in total. The summed E-state index contributed by atoms with van der Waals surface area (Å²) in [5.74, 6) is -0.601. The first-order chi connectivity index (χ1) is 12.1. The minimum Gasteiger partial charge on any atom is -0.340 e. The molecular formula is C17H21ClF3N3O2. The number of nitrogens with zero attached hydrogens (tertiary/aromatic N) is 3. The summed E-state index contributed by atoms with van der Waals surface area (Å²) in [6.45, 7) is 0.471. The fourth-order valence-electron chi connectivity index (χ4n) is 2.71. The Bertz CT molecular complexity index is 629. The van der Waals surface area contributed by atoms with Gasteiger partial charge in [-0.1, -0.05) is 23.7 Å². The second kappa shape index (κ2) is 8.73. The summed E-state index contributed by atoms with van der Waals surface area (Å²) in [5, 5.41) is 0.606. The number of rotatable bonds is 5. The number of carbonyl (C=O) groups excluding carboxylic acids is 2. The van der Waals surface area contributed by atoms with Gasteiger partial charge in [0.05, 0.1) is 13.0 Å². The van der Waals surface area contributed by atoms with E-state index in [0.29, 0.717) is 36.1 Å². The van der Waals surface area contributed by atoms with E-state index in [4.69, 9.17) is 11.6 Å². The van der Waals surface area contributed by atoms with Gasteiger partial charge in [0, 0.05) is 38.2 Å². The lowest BCUT2D eigenvalue weighted by Crippen LogP contribution is -2.52. The monoisotopic (exact) mass is 391 g/mol. The van der Waals surface area contributed by atoms with Crippen molar-refractivity contribution in [3.8, 4) is 0 Å². The summed E-state index contributed by atoms with van der Waals surface area (Å²) in [4.78, 5) is 28.3. The highest BCUT2D eigenvalue weighted by Gasteiger charge is 2.32. The normalized spacial score (nSPS) is 15.8. The van der Waals surface area contributed by atoms with Crippen LogP contribution in [-0.4, -0.2) is 79.0 Å². The number of halogens is 4.